The normalized spacial score (nSPS) is 17.4. The molecule has 0 spiro atoms. The van der Waals surface area contributed by atoms with Crippen molar-refractivity contribution in [1.29, 1.82) is 0 Å². The first-order chi connectivity index (χ1) is 10.8. The van der Waals surface area contributed by atoms with Gasteiger partial charge in [0.25, 0.3) is 0 Å². The van der Waals surface area contributed by atoms with Crippen LogP contribution in [0.1, 0.15) is 41.6 Å². The van der Waals surface area contributed by atoms with Crippen molar-refractivity contribution in [2.75, 3.05) is 40.8 Å². The molecule has 2 rings (SSSR count). The second kappa shape index (κ2) is 8.04. The van der Waals surface area contributed by atoms with Crippen molar-refractivity contribution in [3.63, 3.8) is 0 Å². The van der Waals surface area contributed by atoms with E-state index in [0.717, 1.165) is 55.5 Å². The summed E-state index contributed by atoms with van der Waals surface area (Å²) in [7, 11) is 6.48. The molecule has 1 saturated heterocycles. The number of nitrogens with two attached hydrogens (primary N) is 1. The van der Waals surface area contributed by atoms with Crippen LogP contribution < -0.4 is 5.73 Å². The molecule has 4 heteroatoms. The van der Waals surface area contributed by atoms with Gasteiger partial charge in [0.15, 0.2) is 5.78 Å². The predicted octanol–water partition coefficient (Wildman–Crippen LogP) is 2.28. The van der Waals surface area contributed by atoms with Crippen molar-refractivity contribution in [1.82, 2.24) is 4.90 Å². The molecule has 0 atom stereocenters. The van der Waals surface area contributed by atoms with Crippen LogP contribution in [-0.4, -0.2) is 62.0 Å². The zero-order valence-electron chi connectivity index (χ0n) is 14.9. The van der Waals surface area contributed by atoms with Crippen LogP contribution in [0.25, 0.3) is 0 Å². The molecular weight excluding hydrogens is 286 g/mol. The standard InChI is InChI=1S/C19H32N3O/c1-22(2,3)14-4-5-19(23)17-8-6-16(7-9-17)15-21-12-10-18(20)11-13-21/h6-9,18H,4-5,10-15,20H2,1-3H3/q+1. The maximum atomic E-state index is 12.2. The van der Waals surface area contributed by atoms with Crippen molar-refractivity contribution in [3.05, 3.63) is 35.4 Å². The molecule has 0 amide bonds. The average molecular weight is 318 g/mol. The van der Waals surface area contributed by atoms with E-state index in [1.165, 1.54) is 5.56 Å². The number of rotatable bonds is 7. The zero-order chi connectivity index (χ0) is 16.9. The molecule has 1 aromatic carbocycles. The summed E-state index contributed by atoms with van der Waals surface area (Å²) in [6, 6.07) is 8.54. The van der Waals surface area contributed by atoms with Gasteiger partial charge in [0, 0.05) is 31.0 Å². The van der Waals surface area contributed by atoms with Gasteiger partial charge in [-0.15, -0.1) is 0 Å². The fourth-order valence-electron chi connectivity index (χ4n) is 3.02. The Labute approximate surface area is 140 Å². The predicted molar refractivity (Wildman–Crippen MR) is 95.4 cm³/mol. The van der Waals surface area contributed by atoms with E-state index in [-0.39, 0.29) is 5.78 Å². The first-order valence-electron chi connectivity index (χ1n) is 8.74. The fraction of sp³-hybridized carbons (Fsp3) is 0.632. The van der Waals surface area contributed by atoms with Gasteiger partial charge in [0.05, 0.1) is 27.7 Å². The van der Waals surface area contributed by atoms with E-state index < -0.39 is 0 Å². The number of carbonyl (C=O) groups excluding carboxylic acids is 1. The Bertz CT molecular complexity index is 496. The molecule has 1 heterocycles. The average Bonchev–Trinajstić information content (AvgIpc) is 2.49. The molecule has 2 N–H and O–H groups in total. The van der Waals surface area contributed by atoms with Crippen LogP contribution in [0.15, 0.2) is 24.3 Å². The molecule has 4 nitrogen and oxygen atoms in total. The minimum atomic E-state index is 0.258. The van der Waals surface area contributed by atoms with E-state index in [4.69, 9.17) is 5.73 Å². The third-order valence-corrected chi connectivity index (χ3v) is 4.55. The van der Waals surface area contributed by atoms with Gasteiger partial charge in [-0.1, -0.05) is 24.3 Å². The molecule has 0 aromatic heterocycles. The molecule has 0 saturated carbocycles. The molecule has 1 aliphatic heterocycles. The van der Waals surface area contributed by atoms with Gasteiger partial charge in [-0.25, -0.2) is 0 Å². The summed E-state index contributed by atoms with van der Waals surface area (Å²) in [4.78, 5) is 14.7. The number of likely N-dealkylation sites (tertiary alicyclic amines) is 1. The van der Waals surface area contributed by atoms with Crippen molar-refractivity contribution in [2.24, 2.45) is 5.73 Å². The first-order valence-corrected chi connectivity index (χ1v) is 8.74. The number of ketones is 1. The lowest BCUT2D eigenvalue weighted by molar-refractivity contribution is -0.870. The van der Waals surface area contributed by atoms with Crippen LogP contribution in [0.5, 0.6) is 0 Å². The highest BCUT2D eigenvalue weighted by atomic mass is 16.1. The topological polar surface area (TPSA) is 46.3 Å². The number of nitrogens with zero attached hydrogens (tertiary/aromatic N) is 2. The fourth-order valence-corrected chi connectivity index (χ4v) is 3.02. The van der Waals surface area contributed by atoms with Gasteiger partial charge < -0.3 is 10.2 Å². The Morgan fingerprint density at radius 1 is 1.17 bits per heavy atom. The quantitative estimate of drug-likeness (QED) is 0.620. The third-order valence-electron chi connectivity index (χ3n) is 4.55. The molecule has 1 aromatic rings. The van der Waals surface area contributed by atoms with E-state index in [2.05, 4.69) is 38.2 Å². The van der Waals surface area contributed by atoms with Crippen molar-refractivity contribution in [2.45, 2.75) is 38.3 Å². The number of Topliss-reactive ketones (excluding diaryl/α,β-unsaturated/α-hetero) is 1. The van der Waals surface area contributed by atoms with Crippen LogP contribution in [0.4, 0.5) is 0 Å². The van der Waals surface area contributed by atoms with Gasteiger partial charge in [0.2, 0.25) is 0 Å². The smallest absolute Gasteiger partial charge is 0.163 e. The van der Waals surface area contributed by atoms with Gasteiger partial charge in [-0.05, 0) is 31.5 Å². The Hall–Kier alpha value is -1.23. The van der Waals surface area contributed by atoms with Gasteiger partial charge >= 0.3 is 0 Å². The lowest BCUT2D eigenvalue weighted by Gasteiger charge is -2.30. The minimum Gasteiger partial charge on any atom is -0.331 e. The number of hydrogen-bond donors (Lipinski definition) is 1. The maximum Gasteiger partial charge on any atom is 0.163 e. The number of quaternary nitrogens is 1. The number of carbonyl (C=O) groups is 1. The third kappa shape index (κ3) is 6.42. The van der Waals surface area contributed by atoms with Crippen LogP contribution >= 0.6 is 0 Å². The number of benzene rings is 1. The molecule has 128 valence electrons. The Kier molecular flexibility index (Phi) is 6.33. The molecule has 0 radical (unpaired) electrons. The summed E-state index contributed by atoms with van der Waals surface area (Å²) in [5.41, 5.74) is 8.07. The first kappa shape index (κ1) is 18.1. The number of hydrogen-bond acceptors (Lipinski definition) is 3. The van der Waals surface area contributed by atoms with Crippen LogP contribution in [0.3, 0.4) is 0 Å². The van der Waals surface area contributed by atoms with Gasteiger partial charge in [-0.3, -0.25) is 9.69 Å². The monoisotopic (exact) mass is 318 g/mol. The summed E-state index contributed by atoms with van der Waals surface area (Å²) in [6.07, 6.45) is 3.75. The number of piperidine rings is 1. The summed E-state index contributed by atoms with van der Waals surface area (Å²) >= 11 is 0. The van der Waals surface area contributed by atoms with Crippen LogP contribution in [0.2, 0.25) is 0 Å². The zero-order valence-corrected chi connectivity index (χ0v) is 14.9. The Morgan fingerprint density at radius 3 is 2.35 bits per heavy atom. The second-order valence-corrected chi connectivity index (χ2v) is 7.85. The molecule has 0 unspecified atom stereocenters. The highest BCUT2D eigenvalue weighted by Gasteiger charge is 2.16. The lowest BCUT2D eigenvalue weighted by atomic mass is 10.0. The second-order valence-electron chi connectivity index (χ2n) is 7.85. The molecule has 1 aliphatic rings. The largest absolute Gasteiger partial charge is 0.331 e. The molecule has 0 aliphatic carbocycles. The van der Waals surface area contributed by atoms with Gasteiger partial charge in [-0.2, -0.15) is 0 Å². The lowest BCUT2D eigenvalue weighted by Crippen LogP contribution is -2.39. The molecular formula is C19H32N3O+. The van der Waals surface area contributed by atoms with Gasteiger partial charge in [0.1, 0.15) is 0 Å². The SMILES string of the molecule is C[N+](C)(C)CCCC(=O)c1ccc(CN2CCC(N)CC2)cc1. The highest BCUT2D eigenvalue weighted by molar-refractivity contribution is 5.96. The van der Waals surface area contributed by atoms with Crippen LogP contribution in [0, 0.1) is 0 Å². The van der Waals surface area contributed by atoms with E-state index in [1.807, 2.05) is 12.1 Å². The molecule has 23 heavy (non-hydrogen) atoms. The highest BCUT2D eigenvalue weighted by Crippen LogP contribution is 2.14. The minimum absolute atomic E-state index is 0.258. The summed E-state index contributed by atoms with van der Waals surface area (Å²) < 4.78 is 0.908. The molecule has 0 bridgehead atoms. The van der Waals surface area contributed by atoms with E-state index >= 15 is 0 Å². The molecule has 1 fully saturated rings. The summed E-state index contributed by atoms with van der Waals surface area (Å²) in [5, 5.41) is 0. The Morgan fingerprint density at radius 2 is 1.78 bits per heavy atom. The van der Waals surface area contributed by atoms with Crippen molar-refractivity contribution >= 4 is 5.78 Å². The van der Waals surface area contributed by atoms with Crippen molar-refractivity contribution < 1.29 is 9.28 Å². The Balaban J connectivity index is 1.80. The maximum absolute atomic E-state index is 12.2. The van der Waals surface area contributed by atoms with E-state index in [1.54, 1.807) is 0 Å². The summed E-state index contributed by atoms with van der Waals surface area (Å²) in [5.74, 6) is 0.258. The van der Waals surface area contributed by atoms with E-state index in [0.29, 0.717) is 12.5 Å². The van der Waals surface area contributed by atoms with Crippen LogP contribution in [-0.2, 0) is 6.54 Å². The van der Waals surface area contributed by atoms with Crippen molar-refractivity contribution in [3.8, 4) is 0 Å². The summed E-state index contributed by atoms with van der Waals surface area (Å²) in [6.45, 7) is 4.14. The van der Waals surface area contributed by atoms with E-state index in [9.17, 15) is 4.79 Å².